The van der Waals surface area contributed by atoms with Gasteiger partial charge in [-0.15, -0.1) is 0 Å². The molecule has 4 heteroatoms. The molecular formula is C19H23NO3. The largest absolute Gasteiger partial charge is 0.496 e. The molecule has 1 heterocycles. The van der Waals surface area contributed by atoms with Gasteiger partial charge in [0.05, 0.1) is 7.11 Å². The van der Waals surface area contributed by atoms with E-state index in [0.717, 1.165) is 36.6 Å². The van der Waals surface area contributed by atoms with Crippen LogP contribution in [0.25, 0.3) is 0 Å². The Kier molecular flexibility index (Phi) is 5.03. The molecule has 1 atom stereocenters. The number of ether oxygens (including phenoxy) is 3. The summed E-state index contributed by atoms with van der Waals surface area (Å²) in [6.45, 7) is 1.41. The molecular weight excluding hydrogens is 290 g/mol. The molecule has 0 saturated heterocycles. The summed E-state index contributed by atoms with van der Waals surface area (Å²) in [5.74, 6) is 2.60. The molecule has 0 fully saturated rings. The van der Waals surface area contributed by atoms with Gasteiger partial charge in [0.1, 0.15) is 18.5 Å². The van der Waals surface area contributed by atoms with Gasteiger partial charge in [-0.05, 0) is 43.7 Å². The third-order valence-electron chi connectivity index (χ3n) is 4.03. The van der Waals surface area contributed by atoms with Crippen molar-refractivity contribution in [3.63, 3.8) is 0 Å². The topological polar surface area (TPSA) is 39.7 Å². The maximum atomic E-state index is 6.01. The van der Waals surface area contributed by atoms with Crippen molar-refractivity contribution in [1.29, 1.82) is 0 Å². The highest BCUT2D eigenvalue weighted by Crippen LogP contribution is 2.32. The fourth-order valence-corrected chi connectivity index (χ4v) is 2.85. The number of hydrogen-bond acceptors (Lipinski definition) is 4. The van der Waals surface area contributed by atoms with Crippen LogP contribution in [0.4, 0.5) is 0 Å². The summed E-state index contributed by atoms with van der Waals surface area (Å²) in [6.07, 6.45) is 1.98. The van der Waals surface area contributed by atoms with E-state index in [-0.39, 0.29) is 6.10 Å². The Morgan fingerprint density at radius 3 is 2.78 bits per heavy atom. The van der Waals surface area contributed by atoms with Crippen LogP contribution in [0.2, 0.25) is 0 Å². The molecule has 0 bridgehead atoms. The first kappa shape index (κ1) is 15.7. The van der Waals surface area contributed by atoms with Gasteiger partial charge in [-0.3, -0.25) is 0 Å². The number of rotatable bonds is 6. The third kappa shape index (κ3) is 3.77. The number of para-hydroxylation sites is 2. The van der Waals surface area contributed by atoms with Crippen LogP contribution < -0.4 is 19.5 Å². The third-order valence-corrected chi connectivity index (χ3v) is 4.03. The van der Waals surface area contributed by atoms with Crippen molar-refractivity contribution in [2.24, 2.45) is 0 Å². The molecule has 0 saturated carbocycles. The Hall–Kier alpha value is -2.20. The first-order valence-corrected chi connectivity index (χ1v) is 7.99. The predicted molar refractivity (Wildman–Crippen MR) is 90.4 cm³/mol. The molecule has 2 aromatic rings. The molecule has 0 amide bonds. The lowest BCUT2D eigenvalue weighted by Crippen LogP contribution is -2.29. The lowest BCUT2D eigenvalue weighted by molar-refractivity contribution is 0.0851. The van der Waals surface area contributed by atoms with Crippen molar-refractivity contribution in [3.8, 4) is 17.2 Å². The molecule has 0 aliphatic carbocycles. The average Bonchev–Trinajstić information content (AvgIpc) is 2.60. The Balaban J connectivity index is 1.62. The number of nitrogens with one attached hydrogen (secondary N) is 1. The van der Waals surface area contributed by atoms with Gasteiger partial charge in [-0.1, -0.05) is 24.3 Å². The van der Waals surface area contributed by atoms with Gasteiger partial charge in [0, 0.05) is 12.1 Å². The SMILES string of the molecule is CNCc1cc(CC[C@@H]2COc3ccccc3O2)ccc1OC. The highest BCUT2D eigenvalue weighted by Gasteiger charge is 2.20. The fraction of sp³-hybridized carbons (Fsp3) is 0.368. The van der Waals surface area contributed by atoms with Crippen LogP contribution >= 0.6 is 0 Å². The van der Waals surface area contributed by atoms with Gasteiger partial charge in [0.25, 0.3) is 0 Å². The minimum Gasteiger partial charge on any atom is -0.496 e. The predicted octanol–water partition coefficient (Wildman–Crippen LogP) is 3.19. The van der Waals surface area contributed by atoms with Crippen molar-refractivity contribution < 1.29 is 14.2 Å². The quantitative estimate of drug-likeness (QED) is 0.889. The molecule has 0 spiro atoms. The molecule has 2 aromatic carbocycles. The lowest BCUT2D eigenvalue weighted by atomic mass is 10.0. The summed E-state index contributed by atoms with van der Waals surface area (Å²) >= 11 is 0. The summed E-state index contributed by atoms with van der Waals surface area (Å²) in [5, 5.41) is 3.18. The Morgan fingerprint density at radius 1 is 1.17 bits per heavy atom. The maximum Gasteiger partial charge on any atom is 0.161 e. The molecule has 1 N–H and O–H groups in total. The second-order valence-corrected chi connectivity index (χ2v) is 5.71. The second kappa shape index (κ2) is 7.38. The zero-order valence-corrected chi connectivity index (χ0v) is 13.7. The van der Waals surface area contributed by atoms with Gasteiger partial charge in [0.15, 0.2) is 11.5 Å². The van der Waals surface area contributed by atoms with E-state index in [4.69, 9.17) is 14.2 Å². The summed E-state index contributed by atoms with van der Waals surface area (Å²) in [7, 11) is 3.65. The average molecular weight is 313 g/mol. The summed E-state index contributed by atoms with van der Waals surface area (Å²) < 4.78 is 17.2. The molecule has 4 nitrogen and oxygen atoms in total. The number of methoxy groups -OCH3 is 1. The van der Waals surface area contributed by atoms with Gasteiger partial charge in [-0.25, -0.2) is 0 Å². The molecule has 1 aliphatic heterocycles. The molecule has 3 rings (SSSR count). The van der Waals surface area contributed by atoms with Crippen LogP contribution in [0.1, 0.15) is 17.5 Å². The van der Waals surface area contributed by atoms with E-state index in [1.54, 1.807) is 7.11 Å². The van der Waals surface area contributed by atoms with Crippen molar-refractivity contribution in [2.75, 3.05) is 20.8 Å². The molecule has 0 aromatic heterocycles. The van der Waals surface area contributed by atoms with Gasteiger partial charge in [-0.2, -0.15) is 0 Å². The highest BCUT2D eigenvalue weighted by molar-refractivity contribution is 5.41. The first-order chi connectivity index (χ1) is 11.3. The standard InChI is InChI=1S/C19H23NO3/c1-20-12-15-11-14(8-10-17(15)21-2)7-9-16-13-22-18-5-3-4-6-19(18)23-16/h3-6,8,10-11,16,20H,7,9,12-13H2,1-2H3/t16-/m1/s1. The van der Waals surface area contributed by atoms with Crippen LogP contribution in [0.3, 0.4) is 0 Å². The monoisotopic (exact) mass is 313 g/mol. The van der Waals surface area contributed by atoms with Crippen molar-refractivity contribution in [2.45, 2.75) is 25.5 Å². The Labute approximate surface area is 137 Å². The van der Waals surface area contributed by atoms with E-state index < -0.39 is 0 Å². The normalized spacial score (nSPS) is 16.2. The molecule has 0 unspecified atom stereocenters. The van der Waals surface area contributed by atoms with E-state index in [0.29, 0.717) is 6.61 Å². The first-order valence-electron chi connectivity index (χ1n) is 7.99. The van der Waals surface area contributed by atoms with Crippen molar-refractivity contribution in [3.05, 3.63) is 53.6 Å². The summed E-state index contributed by atoms with van der Waals surface area (Å²) in [4.78, 5) is 0. The minimum atomic E-state index is 0.0970. The number of hydrogen-bond donors (Lipinski definition) is 1. The van der Waals surface area contributed by atoms with Crippen LogP contribution in [0.5, 0.6) is 17.2 Å². The highest BCUT2D eigenvalue weighted by atomic mass is 16.6. The zero-order valence-electron chi connectivity index (χ0n) is 13.7. The summed E-state index contributed by atoms with van der Waals surface area (Å²) in [6, 6.07) is 14.2. The Bertz CT molecular complexity index is 657. The number of benzene rings is 2. The van der Waals surface area contributed by atoms with E-state index in [1.165, 1.54) is 11.1 Å². The molecule has 122 valence electrons. The van der Waals surface area contributed by atoms with Crippen LogP contribution in [-0.4, -0.2) is 26.9 Å². The lowest BCUT2D eigenvalue weighted by Gasteiger charge is -2.26. The summed E-state index contributed by atoms with van der Waals surface area (Å²) in [5.41, 5.74) is 2.47. The van der Waals surface area contributed by atoms with E-state index >= 15 is 0 Å². The maximum absolute atomic E-state index is 6.01. The second-order valence-electron chi connectivity index (χ2n) is 5.71. The van der Waals surface area contributed by atoms with Gasteiger partial charge < -0.3 is 19.5 Å². The number of fused-ring (bicyclic) bond motifs is 1. The van der Waals surface area contributed by atoms with Gasteiger partial charge in [0.2, 0.25) is 0 Å². The van der Waals surface area contributed by atoms with Crippen molar-refractivity contribution >= 4 is 0 Å². The van der Waals surface area contributed by atoms with Crippen LogP contribution in [-0.2, 0) is 13.0 Å². The van der Waals surface area contributed by atoms with Crippen LogP contribution in [0, 0.1) is 0 Å². The van der Waals surface area contributed by atoms with E-state index in [1.807, 2.05) is 37.4 Å². The minimum absolute atomic E-state index is 0.0970. The van der Waals surface area contributed by atoms with Crippen molar-refractivity contribution in [1.82, 2.24) is 5.32 Å². The Morgan fingerprint density at radius 2 is 2.00 bits per heavy atom. The number of aryl methyl sites for hydroxylation is 1. The smallest absolute Gasteiger partial charge is 0.161 e. The fourth-order valence-electron chi connectivity index (χ4n) is 2.85. The zero-order chi connectivity index (χ0) is 16.1. The molecule has 0 radical (unpaired) electrons. The van der Waals surface area contributed by atoms with E-state index in [9.17, 15) is 0 Å². The van der Waals surface area contributed by atoms with E-state index in [2.05, 4.69) is 17.4 Å². The molecule has 23 heavy (non-hydrogen) atoms. The molecule has 1 aliphatic rings. The van der Waals surface area contributed by atoms with Gasteiger partial charge >= 0.3 is 0 Å². The van der Waals surface area contributed by atoms with Crippen LogP contribution in [0.15, 0.2) is 42.5 Å².